The van der Waals surface area contributed by atoms with Crippen LogP contribution in [0.5, 0.6) is 5.75 Å². The smallest absolute Gasteiger partial charge is 0.141 e. The number of hydrogen-bond acceptors (Lipinski definition) is 6. The Kier molecular flexibility index (Phi) is 4.36. The minimum Gasteiger partial charge on any atom is -0.497 e. The van der Waals surface area contributed by atoms with E-state index in [0.29, 0.717) is 0 Å². The molecular formula is C21H24N4OS. The third kappa shape index (κ3) is 3.02. The van der Waals surface area contributed by atoms with Crippen molar-refractivity contribution in [2.24, 2.45) is 0 Å². The number of methoxy groups -OCH3 is 1. The van der Waals surface area contributed by atoms with Crippen LogP contribution in [0.3, 0.4) is 0 Å². The van der Waals surface area contributed by atoms with Gasteiger partial charge < -0.3 is 14.5 Å². The molecule has 1 saturated heterocycles. The van der Waals surface area contributed by atoms with Gasteiger partial charge in [-0.25, -0.2) is 9.97 Å². The van der Waals surface area contributed by atoms with Crippen molar-refractivity contribution in [2.75, 3.05) is 43.1 Å². The number of ether oxygens (including phenoxy) is 1. The Bertz CT molecular complexity index is 953. The highest BCUT2D eigenvalue weighted by molar-refractivity contribution is 7.19. The molecule has 27 heavy (non-hydrogen) atoms. The summed E-state index contributed by atoms with van der Waals surface area (Å²) in [6, 6.07) is 8.40. The minimum absolute atomic E-state index is 0.907. The normalized spacial score (nSPS) is 17.2. The Morgan fingerprint density at radius 3 is 2.59 bits per heavy atom. The highest BCUT2D eigenvalue weighted by atomic mass is 32.1. The molecule has 0 saturated carbocycles. The molecule has 5 rings (SSSR count). The summed E-state index contributed by atoms with van der Waals surface area (Å²) in [6.07, 6.45) is 6.54. The van der Waals surface area contributed by atoms with Gasteiger partial charge in [-0.1, -0.05) is 0 Å². The van der Waals surface area contributed by atoms with Gasteiger partial charge in [0.15, 0.2) is 0 Å². The van der Waals surface area contributed by atoms with E-state index in [1.54, 1.807) is 13.4 Å². The van der Waals surface area contributed by atoms with Crippen molar-refractivity contribution in [1.29, 1.82) is 0 Å². The minimum atomic E-state index is 0.907. The third-order valence-electron chi connectivity index (χ3n) is 5.71. The van der Waals surface area contributed by atoms with Crippen LogP contribution < -0.4 is 14.5 Å². The number of thiophene rings is 1. The Morgan fingerprint density at radius 2 is 1.74 bits per heavy atom. The second-order valence-electron chi connectivity index (χ2n) is 7.26. The van der Waals surface area contributed by atoms with Gasteiger partial charge in [0.2, 0.25) is 0 Å². The van der Waals surface area contributed by atoms with Gasteiger partial charge in [0.25, 0.3) is 0 Å². The fourth-order valence-corrected chi connectivity index (χ4v) is 5.56. The van der Waals surface area contributed by atoms with Crippen LogP contribution in [0.25, 0.3) is 10.2 Å². The second kappa shape index (κ2) is 7.00. The number of rotatable bonds is 3. The van der Waals surface area contributed by atoms with E-state index in [9.17, 15) is 0 Å². The summed E-state index contributed by atoms with van der Waals surface area (Å²) in [6.45, 7) is 4.11. The quantitative estimate of drug-likeness (QED) is 0.689. The fraction of sp³-hybridized carbons (Fsp3) is 0.429. The maximum atomic E-state index is 5.29. The van der Waals surface area contributed by atoms with Crippen molar-refractivity contribution in [3.05, 3.63) is 41.0 Å². The molecule has 5 nitrogen and oxygen atoms in total. The molecule has 1 aromatic carbocycles. The molecule has 0 N–H and O–H groups in total. The molecule has 0 spiro atoms. The molecular weight excluding hydrogens is 356 g/mol. The number of aromatic nitrogens is 2. The van der Waals surface area contributed by atoms with E-state index in [1.807, 2.05) is 23.5 Å². The van der Waals surface area contributed by atoms with E-state index in [0.717, 1.165) is 44.2 Å². The van der Waals surface area contributed by atoms with E-state index in [1.165, 1.54) is 45.6 Å². The molecule has 1 fully saturated rings. The summed E-state index contributed by atoms with van der Waals surface area (Å²) >= 11 is 1.87. The van der Waals surface area contributed by atoms with Crippen LogP contribution in [0.15, 0.2) is 30.6 Å². The van der Waals surface area contributed by atoms with Crippen LogP contribution in [0.2, 0.25) is 0 Å². The number of anilines is 2. The maximum Gasteiger partial charge on any atom is 0.141 e. The molecule has 0 bridgehead atoms. The molecule has 2 aliphatic rings. The number of aryl methyl sites for hydroxylation is 2. The summed E-state index contributed by atoms with van der Waals surface area (Å²) in [7, 11) is 1.71. The first-order valence-corrected chi connectivity index (χ1v) is 10.5. The van der Waals surface area contributed by atoms with Crippen LogP contribution in [-0.2, 0) is 12.8 Å². The lowest BCUT2D eigenvalue weighted by atomic mass is 10.2. The van der Waals surface area contributed by atoms with Gasteiger partial charge in [-0.05, 0) is 55.5 Å². The molecule has 0 radical (unpaired) electrons. The van der Waals surface area contributed by atoms with Gasteiger partial charge in [0.05, 0.1) is 12.5 Å². The van der Waals surface area contributed by atoms with Gasteiger partial charge >= 0.3 is 0 Å². The average molecular weight is 381 g/mol. The molecule has 3 aromatic rings. The molecule has 2 aromatic heterocycles. The Morgan fingerprint density at radius 1 is 0.926 bits per heavy atom. The largest absolute Gasteiger partial charge is 0.497 e. The molecule has 1 aliphatic carbocycles. The number of fused-ring (bicyclic) bond motifs is 3. The van der Waals surface area contributed by atoms with Crippen molar-refractivity contribution in [3.8, 4) is 5.75 Å². The zero-order chi connectivity index (χ0) is 18.2. The van der Waals surface area contributed by atoms with Gasteiger partial charge in [-0.3, -0.25) is 0 Å². The summed E-state index contributed by atoms with van der Waals surface area (Å²) < 4.78 is 5.29. The SMILES string of the molecule is COc1ccc(N2CCCN(c3ncnc4sc5c(c34)CCC5)CC2)cc1. The summed E-state index contributed by atoms with van der Waals surface area (Å²) in [4.78, 5) is 16.9. The first-order chi connectivity index (χ1) is 13.3. The first kappa shape index (κ1) is 16.8. The van der Waals surface area contributed by atoms with E-state index in [-0.39, 0.29) is 0 Å². The van der Waals surface area contributed by atoms with Crippen molar-refractivity contribution in [3.63, 3.8) is 0 Å². The third-order valence-corrected chi connectivity index (χ3v) is 6.91. The molecule has 140 valence electrons. The molecule has 3 heterocycles. The lowest BCUT2D eigenvalue weighted by Gasteiger charge is -2.24. The second-order valence-corrected chi connectivity index (χ2v) is 8.34. The molecule has 0 atom stereocenters. The lowest BCUT2D eigenvalue weighted by molar-refractivity contribution is 0.415. The zero-order valence-corrected chi connectivity index (χ0v) is 16.5. The zero-order valence-electron chi connectivity index (χ0n) is 15.6. The molecule has 6 heteroatoms. The predicted octanol–water partition coefficient (Wildman–Crippen LogP) is 3.91. The average Bonchev–Trinajstić information content (AvgIpc) is 3.21. The van der Waals surface area contributed by atoms with Crippen molar-refractivity contribution >= 4 is 33.1 Å². The molecule has 0 amide bonds. The summed E-state index contributed by atoms with van der Waals surface area (Å²) in [5.74, 6) is 2.06. The van der Waals surface area contributed by atoms with Gasteiger partial charge in [-0.15, -0.1) is 11.3 Å². The molecule has 1 aliphatic heterocycles. The number of nitrogens with zero attached hydrogens (tertiary/aromatic N) is 4. The highest BCUT2D eigenvalue weighted by Crippen LogP contribution is 2.40. The highest BCUT2D eigenvalue weighted by Gasteiger charge is 2.24. The van der Waals surface area contributed by atoms with Crippen LogP contribution in [0, 0.1) is 0 Å². The van der Waals surface area contributed by atoms with Crippen LogP contribution in [-0.4, -0.2) is 43.3 Å². The van der Waals surface area contributed by atoms with Crippen molar-refractivity contribution in [1.82, 2.24) is 9.97 Å². The van der Waals surface area contributed by atoms with Crippen molar-refractivity contribution < 1.29 is 4.74 Å². The topological polar surface area (TPSA) is 41.5 Å². The van der Waals surface area contributed by atoms with Gasteiger partial charge in [0.1, 0.15) is 22.7 Å². The van der Waals surface area contributed by atoms with Crippen molar-refractivity contribution in [2.45, 2.75) is 25.7 Å². The number of benzene rings is 1. The Hall–Kier alpha value is -2.34. The predicted molar refractivity (Wildman–Crippen MR) is 111 cm³/mol. The Balaban J connectivity index is 1.40. The first-order valence-electron chi connectivity index (χ1n) is 9.72. The van der Waals surface area contributed by atoms with Gasteiger partial charge in [-0.2, -0.15) is 0 Å². The summed E-state index contributed by atoms with van der Waals surface area (Å²) in [5, 5.41) is 1.33. The van der Waals surface area contributed by atoms with Gasteiger partial charge in [0, 0.05) is 36.7 Å². The molecule has 0 unspecified atom stereocenters. The van der Waals surface area contributed by atoms with E-state index in [4.69, 9.17) is 9.72 Å². The Labute approximate surface area is 163 Å². The lowest BCUT2D eigenvalue weighted by Crippen LogP contribution is -2.31. The maximum absolute atomic E-state index is 5.29. The van der Waals surface area contributed by atoms with E-state index < -0.39 is 0 Å². The van der Waals surface area contributed by atoms with E-state index >= 15 is 0 Å². The van der Waals surface area contributed by atoms with Crippen LogP contribution in [0.1, 0.15) is 23.3 Å². The van der Waals surface area contributed by atoms with Crippen LogP contribution >= 0.6 is 11.3 Å². The standard InChI is InChI=1S/C21H24N4OS/c1-26-16-8-6-15(7-9-16)24-10-3-11-25(13-12-24)20-19-17-4-2-5-18(17)27-21(19)23-14-22-20/h6-9,14H,2-5,10-13H2,1H3. The van der Waals surface area contributed by atoms with E-state index in [2.05, 4.69) is 26.9 Å². The van der Waals surface area contributed by atoms with Crippen LogP contribution in [0.4, 0.5) is 11.5 Å². The summed E-state index contributed by atoms with van der Waals surface area (Å²) in [5.41, 5.74) is 2.78. The monoisotopic (exact) mass is 380 g/mol. The number of hydrogen-bond donors (Lipinski definition) is 0. The fourth-order valence-electron chi connectivity index (χ4n) is 4.33.